The number of rotatable bonds is 5. The number of esters is 1. The van der Waals surface area contributed by atoms with Crippen molar-refractivity contribution >= 4 is 16.1 Å². The van der Waals surface area contributed by atoms with Crippen LogP contribution in [0, 0.1) is 6.92 Å². The fourth-order valence-electron chi connectivity index (χ4n) is 1.40. The molecule has 1 rings (SSSR count). The molecular formula is C14H23NO5S. The van der Waals surface area contributed by atoms with Crippen molar-refractivity contribution in [2.24, 2.45) is 5.73 Å². The molecule has 0 fully saturated rings. The van der Waals surface area contributed by atoms with E-state index in [2.05, 4.69) is 11.7 Å². The van der Waals surface area contributed by atoms with Crippen LogP contribution in [-0.4, -0.2) is 32.1 Å². The number of carbonyl (C=O) groups excluding carboxylic acids is 1. The third kappa shape index (κ3) is 8.44. The zero-order chi connectivity index (χ0) is 16.5. The molecule has 21 heavy (non-hydrogen) atoms. The molecule has 3 N–H and O–H groups in total. The van der Waals surface area contributed by atoms with E-state index in [0.717, 1.165) is 24.8 Å². The first-order chi connectivity index (χ1) is 9.72. The molecule has 0 radical (unpaired) electrons. The molecule has 0 aliphatic carbocycles. The molecule has 0 saturated heterocycles. The van der Waals surface area contributed by atoms with Gasteiger partial charge in [-0.25, -0.2) is 0 Å². The molecule has 7 heteroatoms. The zero-order valence-corrected chi connectivity index (χ0v) is 13.4. The van der Waals surface area contributed by atoms with Gasteiger partial charge in [0, 0.05) is 0 Å². The SMILES string of the molecule is CCCCC(N)C(=O)OC.Cc1ccc(S(=O)(=O)O)cc1. The summed E-state index contributed by atoms with van der Waals surface area (Å²) in [6.45, 7) is 3.90. The molecule has 0 bridgehead atoms. The van der Waals surface area contributed by atoms with Gasteiger partial charge in [0.15, 0.2) is 0 Å². The maximum absolute atomic E-state index is 10.7. The van der Waals surface area contributed by atoms with Crippen LogP contribution in [0.25, 0.3) is 0 Å². The molecule has 0 spiro atoms. The van der Waals surface area contributed by atoms with Crippen molar-refractivity contribution in [3.8, 4) is 0 Å². The Morgan fingerprint density at radius 2 is 1.86 bits per heavy atom. The number of carbonyl (C=O) groups is 1. The fraction of sp³-hybridized carbons (Fsp3) is 0.500. The van der Waals surface area contributed by atoms with E-state index in [0.29, 0.717) is 0 Å². The number of benzene rings is 1. The maximum atomic E-state index is 10.7. The van der Waals surface area contributed by atoms with Crippen LogP contribution >= 0.6 is 0 Å². The van der Waals surface area contributed by atoms with Crippen LogP contribution in [0.5, 0.6) is 0 Å². The summed E-state index contributed by atoms with van der Waals surface area (Å²) in [6, 6.07) is 5.56. The van der Waals surface area contributed by atoms with Crippen molar-refractivity contribution in [1.82, 2.24) is 0 Å². The van der Waals surface area contributed by atoms with Gasteiger partial charge in [-0.1, -0.05) is 37.5 Å². The minimum Gasteiger partial charge on any atom is -0.468 e. The minimum atomic E-state index is -4.02. The molecule has 120 valence electrons. The lowest BCUT2D eigenvalue weighted by Gasteiger charge is -2.06. The molecule has 0 aliphatic heterocycles. The highest BCUT2D eigenvalue weighted by Gasteiger charge is 2.11. The number of hydrogen-bond donors (Lipinski definition) is 2. The van der Waals surface area contributed by atoms with E-state index in [9.17, 15) is 13.2 Å². The highest BCUT2D eigenvalue weighted by Crippen LogP contribution is 2.08. The van der Waals surface area contributed by atoms with Crippen molar-refractivity contribution in [3.63, 3.8) is 0 Å². The van der Waals surface area contributed by atoms with Crippen LogP contribution in [0.4, 0.5) is 0 Å². The third-order valence-corrected chi connectivity index (χ3v) is 3.56. The van der Waals surface area contributed by atoms with Crippen LogP contribution < -0.4 is 5.73 Å². The summed E-state index contributed by atoms with van der Waals surface area (Å²) >= 11 is 0. The second-order valence-electron chi connectivity index (χ2n) is 4.56. The van der Waals surface area contributed by atoms with Crippen LogP contribution in [0.15, 0.2) is 29.2 Å². The van der Waals surface area contributed by atoms with Crippen LogP contribution in [0.1, 0.15) is 31.7 Å². The molecule has 0 aromatic heterocycles. The number of unbranched alkanes of at least 4 members (excludes halogenated alkanes) is 1. The summed E-state index contributed by atoms with van der Waals surface area (Å²) < 4.78 is 34.0. The van der Waals surface area contributed by atoms with Crippen LogP contribution in [0.2, 0.25) is 0 Å². The molecule has 0 amide bonds. The highest BCUT2D eigenvalue weighted by molar-refractivity contribution is 7.85. The second-order valence-corrected chi connectivity index (χ2v) is 5.98. The normalized spacial score (nSPS) is 12.0. The molecule has 0 saturated carbocycles. The Morgan fingerprint density at radius 3 is 2.24 bits per heavy atom. The summed E-state index contributed by atoms with van der Waals surface area (Å²) in [5, 5.41) is 0. The first kappa shape index (κ1) is 19.6. The average Bonchev–Trinajstić information content (AvgIpc) is 2.44. The quantitative estimate of drug-likeness (QED) is 0.634. The van der Waals surface area contributed by atoms with Crippen LogP contribution in [-0.2, 0) is 19.6 Å². The van der Waals surface area contributed by atoms with Gasteiger partial charge in [-0.2, -0.15) is 8.42 Å². The van der Waals surface area contributed by atoms with Crippen molar-refractivity contribution in [2.75, 3.05) is 7.11 Å². The lowest BCUT2D eigenvalue weighted by molar-refractivity contribution is -0.142. The highest BCUT2D eigenvalue weighted by atomic mass is 32.2. The Hall–Kier alpha value is -1.44. The van der Waals surface area contributed by atoms with E-state index >= 15 is 0 Å². The van der Waals surface area contributed by atoms with Gasteiger partial charge >= 0.3 is 5.97 Å². The van der Waals surface area contributed by atoms with E-state index in [4.69, 9.17) is 10.3 Å². The second kappa shape index (κ2) is 9.49. The molecule has 1 aromatic carbocycles. The van der Waals surface area contributed by atoms with E-state index in [-0.39, 0.29) is 10.9 Å². The van der Waals surface area contributed by atoms with Gasteiger partial charge in [0.05, 0.1) is 12.0 Å². The molecule has 6 nitrogen and oxygen atoms in total. The molecule has 1 atom stereocenters. The summed E-state index contributed by atoms with van der Waals surface area (Å²) in [4.78, 5) is 10.6. The Labute approximate surface area is 126 Å². The predicted octanol–water partition coefficient (Wildman–Crippen LogP) is 1.92. The number of hydrogen-bond acceptors (Lipinski definition) is 5. The Morgan fingerprint density at radius 1 is 1.33 bits per heavy atom. The van der Waals surface area contributed by atoms with Gasteiger partial charge in [-0.3, -0.25) is 9.35 Å². The van der Waals surface area contributed by atoms with Crippen molar-refractivity contribution in [3.05, 3.63) is 29.8 Å². The lowest BCUT2D eigenvalue weighted by Crippen LogP contribution is -2.31. The van der Waals surface area contributed by atoms with E-state index in [1.807, 2.05) is 6.92 Å². The van der Waals surface area contributed by atoms with Crippen molar-refractivity contribution in [1.29, 1.82) is 0 Å². The minimum absolute atomic E-state index is 0.0666. The monoisotopic (exact) mass is 317 g/mol. The van der Waals surface area contributed by atoms with Gasteiger partial charge in [-0.05, 0) is 25.5 Å². The standard InChI is InChI=1S/C7H15NO2.C7H8O3S/c1-3-4-5-6(8)7(9)10-2;1-6-2-4-7(5-3-6)11(8,9)10/h6H,3-5,8H2,1-2H3;2-5H,1H3,(H,8,9,10). The molecule has 1 aromatic rings. The van der Waals surface area contributed by atoms with Crippen molar-refractivity contribution in [2.45, 2.75) is 44.0 Å². The van der Waals surface area contributed by atoms with Gasteiger partial charge in [0.25, 0.3) is 10.1 Å². The van der Waals surface area contributed by atoms with Gasteiger partial charge in [-0.15, -0.1) is 0 Å². The average molecular weight is 317 g/mol. The van der Waals surface area contributed by atoms with Crippen LogP contribution in [0.3, 0.4) is 0 Å². The lowest BCUT2D eigenvalue weighted by atomic mass is 10.1. The summed E-state index contributed by atoms with van der Waals surface area (Å²) in [5.41, 5.74) is 6.40. The molecule has 0 aliphatic rings. The Kier molecular flexibility index (Phi) is 8.84. The number of nitrogens with two attached hydrogens (primary N) is 1. The Balaban J connectivity index is 0.000000384. The largest absolute Gasteiger partial charge is 0.468 e. The first-order valence-corrected chi connectivity index (χ1v) is 8.04. The van der Waals surface area contributed by atoms with E-state index in [1.165, 1.54) is 19.2 Å². The number of methoxy groups -OCH3 is 1. The topological polar surface area (TPSA) is 107 Å². The van der Waals surface area contributed by atoms with E-state index in [1.54, 1.807) is 12.1 Å². The summed E-state index contributed by atoms with van der Waals surface area (Å²) in [5.74, 6) is -0.312. The van der Waals surface area contributed by atoms with Gasteiger partial charge < -0.3 is 10.5 Å². The first-order valence-electron chi connectivity index (χ1n) is 6.60. The molecule has 1 unspecified atom stereocenters. The van der Waals surface area contributed by atoms with E-state index < -0.39 is 16.2 Å². The number of ether oxygens (including phenoxy) is 1. The molecule has 0 heterocycles. The maximum Gasteiger partial charge on any atom is 0.322 e. The zero-order valence-electron chi connectivity index (χ0n) is 12.6. The summed E-state index contributed by atoms with van der Waals surface area (Å²) in [7, 11) is -2.66. The Bertz CT molecular complexity index is 525. The molecular weight excluding hydrogens is 294 g/mol. The number of aryl methyl sites for hydroxylation is 1. The predicted molar refractivity (Wildman–Crippen MR) is 80.5 cm³/mol. The van der Waals surface area contributed by atoms with Gasteiger partial charge in [0.2, 0.25) is 0 Å². The third-order valence-electron chi connectivity index (χ3n) is 2.69. The van der Waals surface area contributed by atoms with Crippen molar-refractivity contribution < 1.29 is 22.5 Å². The summed E-state index contributed by atoms with van der Waals surface area (Å²) in [6.07, 6.45) is 2.77. The van der Waals surface area contributed by atoms with Gasteiger partial charge in [0.1, 0.15) is 6.04 Å². The fourth-order valence-corrected chi connectivity index (χ4v) is 1.88. The smallest absolute Gasteiger partial charge is 0.322 e.